The predicted molar refractivity (Wildman–Crippen MR) is 85.5 cm³/mol. The first-order valence-electron chi connectivity index (χ1n) is 8.12. The number of rotatable bonds is 4. The number of nitrogens with zero attached hydrogens (tertiary/aromatic N) is 5. The minimum absolute atomic E-state index is 0.455. The van der Waals surface area contributed by atoms with E-state index in [0.29, 0.717) is 21.5 Å². The van der Waals surface area contributed by atoms with Crippen molar-refractivity contribution in [3.8, 4) is 23.5 Å². The van der Waals surface area contributed by atoms with Gasteiger partial charge in [-0.15, -0.1) is 0 Å². The topological polar surface area (TPSA) is 67.0 Å². The van der Waals surface area contributed by atoms with Crippen molar-refractivity contribution in [2.24, 2.45) is 14.1 Å². The lowest BCUT2D eigenvalue weighted by molar-refractivity contribution is -0.142. The third-order valence-electron chi connectivity index (χ3n) is 3.89. The summed E-state index contributed by atoms with van der Waals surface area (Å²) >= 11 is 0. The van der Waals surface area contributed by atoms with Gasteiger partial charge >= 0.3 is 12.4 Å². The average molecular weight is 457 g/mol. The van der Waals surface area contributed by atoms with E-state index < -0.39 is 64.5 Å². The molecule has 0 fully saturated rings. The lowest BCUT2D eigenvalue weighted by atomic mass is 10.2. The molecule has 0 spiro atoms. The fourth-order valence-corrected chi connectivity index (χ4v) is 2.31. The first kappa shape index (κ1) is 22.3. The van der Waals surface area contributed by atoms with Gasteiger partial charge in [-0.2, -0.15) is 41.5 Å². The van der Waals surface area contributed by atoms with Crippen molar-refractivity contribution >= 4 is 0 Å². The minimum atomic E-state index is -4.81. The summed E-state index contributed by atoms with van der Waals surface area (Å²) in [7, 11) is 2.15. The first-order chi connectivity index (χ1) is 14.2. The van der Waals surface area contributed by atoms with Crippen molar-refractivity contribution < 1.29 is 44.6 Å². The Balaban J connectivity index is 1.98. The van der Waals surface area contributed by atoms with Crippen molar-refractivity contribution in [2.45, 2.75) is 19.3 Å². The molecule has 3 rings (SSSR count). The van der Waals surface area contributed by atoms with Crippen LogP contribution in [-0.4, -0.2) is 24.5 Å². The van der Waals surface area contributed by atoms with Crippen molar-refractivity contribution in [3.63, 3.8) is 0 Å². The zero-order valence-corrected chi connectivity index (χ0v) is 15.7. The van der Waals surface area contributed by atoms with Crippen LogP contribution in [0.25, 0.3) is 0 Å². The third kappa shape index (κ3) is 4.39. The van der Waals surface area contributed by atoms with Gasteiger partial charge in [-0.1, -0.05) is 0 Å². The van der Waals surface area contributed by atoms with Crippen LogP contribution in [0.3, 0.4) is 0 Å². The Hall–Kier alpha value is -3.39. The Labute approximate surface area is 167 Å². The maximum Gasteiger partial charge on any atom is 0.435 e. The second-order valence-electron chi connectivity index (χ2n) is 6.16. The summed E-state index contributed by atoms with van der Waals surface area (Å²) in [6.07, 6.45) is -9.62. The standard InChI is InChI=1S/C16H11F8N5O2/c1-6-11(17)13(30-9-4-7(15(19,20)21)26-28(9)2)25-14(12(6)18)31-10-5-8(16(22,23)24)27-29(10)3/h4-5H,1-3H3. The number of aromatic nitrogens is 5. The summed E-state index contributed by atoms with van der Waals surface area (Å²) in [5, 5.41) is 6.34. The molecule has 0 aromatic carbocycles. The fourth-order valence-electron chi connectivity index (χ4n) is 2.31. The van der Waals surface area contributed by atoms with Crippen LogP contribution in [-0.2, 0) is 26.4 Å². The van der Waals surface area contributed by atoms with E-state index in [1.165, 1.54) is 0 Å². The summed E-state index contributed by atoms with van der Waals surface area (Å²) < 4.78 is 117. The highest BCUT2D eigenvalue weighted by Crippen LogP contribution is 2.36. The lowest BCUT2D eigenvalue weighted by Gasteiger charge is -2.12. The van der Waals surface area contributed by atoms with Gasteiger partial charge in [-0.3, -0.25) is 0 Å². The van der Waals surface area contributed by atoms with Gasteiger partial charge in [0.1, 0.15) is 0 Å². The van der Waals surface area contributed by atoms with Gasteiger partial charge in [0, 0.05) is 31.8 Å². The van der Waals surface area contributed by atoms with Crippen molar-refractivity contribution in [1.82, 2.24) is 24.5 Å². The average Bonchev–Trinajstić information content (AvgIpc) is 3.20. The molecule has 0 bridgehead atoms. The largest absolute Gasteiger partial charge is 0.435 e. The molecule has 0 saturated heterocycles. The van der Waals surface area contributed by atoms with Crippen LogP contribution in [0.2, 0.25) is 0 Å². The van der Waals surface area contributed by atoms with Crippen molar-refractivity contribution in [1.29, 1.82) is 0 Å². The molecule has 0 aliphatic heterocycles. The molecule has 15 heteroatoms. The second kappa shape index (κ2) is 7.39. The number of alkyl halides is 6. The van der Waals surface area contributed by atoms with E-state index in [0.717, 1.165) is 21.0 Å². The molecule has 0 aliphatic rings. The van der Waals surface area contributed by atoms with Crippen LogP contribution in [0.5, 0.6) is 23.5 Å². The lowest BCUT2D eigenvalue weighted by Crippen LogP contribution is -2.06. The van der Waals surface area contributed by atoms with Gasteiger partial charge in [-0.25, -0.2) is 18.1 Å². The molecule has 3 aromatic heterocycles. The Morgan fingerprint density at radius 3 is 1.39 bits per heavy atom. The molecular weight excluding hydrogens is 446 g/mol. The zero-order chi connectivity index (χ0) is 23.3. The van der Waals surface area contributed by atoms with Gasteiger partial charge < -0.3 is 9.47 Å². The molecule has 168 valence electrons. The number of pyridine rings is 1. The number of halogens is 8. The Morgan fingerprint density at radius 1 is 0.742 bits per heavy atom. The van der Waals surface area contributed by atoms with Gasteiger partial charge in [0.25, 0.3) is 11.8 Å². The molecule has 0 atom stereocenters. The molecular formula is C16H11F8N5O2. The fraction of sp³-hybridized carbons (Fsp3) is 0.312. The first-order valence-corrected chi connectivity index (χ1v) is 8.12. The number of aryl methyl sites for hydroxylation is 2. The molecule has 31 heavy (non-hydrogen) atoms. The summed E-state index contributed by atoms with van der Waals surface area (Å²) in [5.74, 6) is -5.86. The van der Waals surface area contributed by atoms with Gasteiger partial charge in [0.2, 0.25) is 11.8 Å². The number of ether oxygens (including phenoxy) is 2. The second-order valence-corrected chi connectivity index (χ2v) is 6.16. The van der Waals surface area contributed by atoms with Crippen LogP contribution in [0.15, 0.2) is 12.1 Å². The summed E-state index contributed by atoms with van der Waals surface area (Å²) in [6, 6.07) is 0.911. The van der Waals surface area contributed by atoms with Crippen LogP contribution < -0.4 is 9.47 Å². The van der Waals surface area contributed by atoms with Gasteiger partial charge in [0.15, 0.2) is 23.0 Å². The molecule has 0 saturated carbocycles. The Morgan fingerprint density at radius 2 is 1.10 bits per heavy atom. The molecule has 7 nitrogen and oxygen atoms in total. The predicted octanol–water partition coefficient (Wildman–Crippen LogP) is 4.76. The van der Waals surface area contributed by atoms with Crippen LogP contribution in [0.1, 0.15) is 17.0 Å². The van der Waals surface area contributed by atoms with E-state index in [1.807, 2.05) is 0 Å². The SMILES string of the molecule is Cc1c(F)c(Oc2cc(C(F)(F)F)nn2C)nc(Oc2cc(C(F)(F)F)nn2C)c1F. The maximum absolute atomic E-state index is 14.4. The molecule has 3 aromatic rings. The Kier molecular flexibility index (Phi) is 5.31. The molecule has 0 radical (unpaired) electrons. The smallest absolute Gasteiger partial charge is 0.418 e. The van der Waals surface area contributed by atoms with Crippen molar-refractivity contribution in [2.75, 3.05) is 0 Å². The molecule has 0 unspecified atom stereocenters. The summed E-state index contributed by atoms with van der Waals surface area (Å²) in [5.41, 5.74) is -3.37. The van der Waals surface area contributed by atoms with Crippen molar-refractivity contribution in [3.05, 3.63) is 40.7 Å². The summed E-state index contributed by atoms with van der Waals surface area (Å²) in [4.78, 5) is 3.41. The zero-order valence-electron chi connectivity index (χ0n) is 15.7. The highest BCUT2D eigenvalue weighted by atomic mass is 19.4. The minimum Gasteiger partial charge on any atom is -0.418 e. The Bertz CT molecular complexity index is 1050. The molecule has 0 N–H and O–H groups in total. The highest BCUT2D eigenvalue weighted by molar-refractivity contribution is 5.36. The number of hydrogen-bond donors (Lipinski definition) is 0. The van der Waals surface area contributed by atoms with Crippen LogP contribution >= 0.6 is 0 Å². The van der Waals surface area contributed by atoms with Crippen LogP contribution in [0, 0.1) is 18.6 Å². The van der Waals surface area contributed by atoms with E-state index in [2.05, 4.69) is 15.2 Å². The highest BCUT2D eigenvalue weighted by Gasteiger charge is 2.36. The van der Waals surface area contributed by atoms with E-state index in [-0.39, 0.29) is 0 Å². The molecule has 3 heterocycles. The van der Waals surface area contributed by atoms with Gasteiger partial charge in [-0.05, 0) is 6.92 Å². The normalized spacial score (nSPS) is 12.4. The molecule has 0 aliphatic carbocycles. The quantitative estimate of drug-likeness (QED) is 0.529. The molecule has 0 amide bonds. The van der Waals surface area contributed by atoms with Gasteiger partial charge in [0.05, 0.1) is 0 Å². The van der Waals surface area contributed by atoms with E-state index >= 15 is 0 Å². The van der Waals surface area contributed by atoms with E-state index in [4.69, 9.17) is 9.47 Å². The summed E-state index contributed by atoms with van der Waals surface area (Å²) in [6.45, 7) is 0.945. The number of hydrogen-bond acceptors (Lipinski definition) is 5. The third-order valence-corrected chi connectivity index (χ3v) is 3.89. The van der Waals surface area contributed by atoms with Crippen LogP contribution in [0.4, 0.5) is 35.1 Å². The van der Waals surface area contributed by atoms with E-state index in [9.17, 15) is 35.1 Å². The van der Waals surface area contributed by atoms with E-state index in [1.54, 1.807) is 0 Å². The maximum atomic E-state index is 14.4. The monoisotopic (exact) mass is 457 g/mol.